The van der Waals surface area contributed by atoms with Gasteiger partial charge in [0.05, 0.1) is 0 Å². The van der Waals surface area contributed by atoms with Crippen molar-refractivity contribution in [1.29, 1.82) is 0 Å². The first-order chi connectivity index (χ1) is 4.90. The molecule has 0 aromatic heterocycles. The van der Waals surface area contributed by atoms with Crippen molar-refractivity contribution in [1.82, 2.24) is 0 Å². The van der Waals surface area contributed by atoms with Gasteiger partial charge in [0, 0.05) is 6.42 Å². The molecule has 2 N–H and O–H groups in total. The molecule has 1 atom stereocenters. The van der Waals surface area contributed by atoms with Crippen LogP contribution >= 0.6 is 0 Å². The molecule has 0 bridgehead atoms. The van der Waals surface area contributed by atoms with Gasteiger partial charge < -0.3 is 10.2 Å². The molecule has 0 radical (unpaired) electrons. The van der Waals surface area contributed by atoms with Gasteiger partial charge in [-0.1, -0.05) is 0 Å². The van der Waals surface area contributed by atoms with Gasteiger partial charge in [-0.3, -0.25) is 0 Å². The first-order valence-corrected chi connectivity index (χ1v) is 3.24. The summed E-state index contributed by atoms with van der Waals surface area (Å²) in [5.41, 5.74) is -2.83. The minimum absolute atomic E-state index is 0.0514. The van der Waals surface area contributed by atoms with Gasteiger partial charge in [0.2, 0.25) is 5.60 Å². The van der Waals surface area contributed by atoms with Crippen LogP contribution in [0.4, 0.5) is 8.78 Å². The van der Waals surface area contributed by atoms with E-state index in [1.54, 1.807) is 0 Å². The second-order valence-electron chi connectivity index (χ2n) is 2.72. The van der Waals surface area contributed by atoms with E-state index in [0.29, 0.717) is 0 Å². The summed E-state index contributed by atoms with van der Waals surface area (Å²) in [6.45, 7) is 0. The highest BCUT2D eigenvalue weighted by molar-refractivity contribution is 5.79. The van der Waals surface area contributed by atoms with Crippen LogP contribution in [0.15, 0.2) is 0 Å². The highest BCUT2D eigenvalue weighted by atomic mass is 19.3. The Morgan fingerprint density at radius 2 is 1.91 bits per heavy atom. The Morgan fingerprint density at radius 3 is 2.09 bits per heavy atom. The summed E-state index contributed by atoms with van der Waals surface area (Å²) >= 11 is 0. The van der Waals surface area contributed by atoms with Crippen LogP contribution in [0.25, 0.3) is 0 Å². The van der Waals surface area contributed by atoms with E-state index in [9.17, 15) is 13.6 Å². The van der Waals surface area contributed by atoms with E-state index < -0.39 is 23.9 Å². The second-order valence-corrected chi connectivity index (χ2v) is 2.72. The van der Waals surface area contributed by atoms with Crippen molar-refractivity contribution < 1.29 is 23.8 Å². The zero-order valence-corrected chi connectivity index (χ0v) is 5.68. The summed E-state index contributed by atoms with van der Waals surface area (Å²) in [4.78, 5) is 10.2. The predicted octanol–water partition coefficient (Wildman–Crippen LogP) is 0.621. The molecule has 5 heteroatoms. The van der Waals surface area contributed by atoms with E-state index in [4.69, 9.17) is 10.2 Å². The van der Waals surface area contributed by atoms with Gasteiger partial charge in [0.1, 0.15) is 0 Å². The summed E-state index contributed by atoms with van der Waals surface area (Å²) < 4.78 is 25.2. The third kappa shape index (κ3) is 0.994. The minimum atomic E-state index is -3.47. The highest BCUT2D eigenvalue weighted by Gasteiger charge is 2.61. The molecular weight excluding hydrogens is 158 g/mol. The number of carboxylic acids is 1. The van der Waals surface area contributed by atoms with Crippen LogP contribution in [-0.4, -0.2) is 27.7 Å². The molecule has 1 rings (SSSR count). The lowest BCUT2D eigenvalue weighted by molar-refractivity contribution is -0.195. The van der Waals surface area contributed by atoms with Gasteiger partial charge in [-0.05, 0) is 12.8 Å². The Kier molecular flexibility index (Phi) is 1.63. The zero-order valence-electron chi connectivity index (χ0n) is 5.68. The summed E-state index contributed by atoms with van der Waals surface area (Å²) in [7, 11) is 0. The molecule has 0 spiro atoms. The van der Waals surface area contributed by atoms with Crippen molar-refractivity contribution in [3.63, 3.8) is 0 Å². The molecule has 1 aliphatic carbocycles. The first-order valence-electron chi connectivity index (χ1n) is 3.24. The number of carboxylic acid groups (broad SMARTS) is 1. The van der Waals surface area contributed by atoms with E-state index in [-0.39, 0.29) is 12.8 Å². The van der Waals surface area contributed by atoms with Crippen LogP contribution in [0.5, 0.6) is 0 Å². The molecule has 11 heavy (non-hydrogen) atoms. The maximum atomic E-state index is 12.6. The second kappa shape index (κ2) is 2.14. The number of alkyl halides is 2. The lowest BCUT2D eigenvalue weighted by atomic mass is 10.00. The van der Waals surface area contributed by atoms with Gasteiger partial charge in [0.25, 0.3) is 5.92 Å². The summed E-state index contributed by atoms with van der Waals surface area (Å²) in [5.74, 6) is -5.31. The largest absolute Gasteiger partial charge is 0.479 e. The fraction of sp³-hybridized carbons (Fsp3) is 0.833. The number of hydrogen-bond acceptors (Lipinski definition) is 2. The van der Waals surface area contributed by atoms with Gasteiger partial charge in [-0.25, -0.2) is 13.6 Å². The molecule has 1 fully saturated rings. The number of aliphatic hydroxyl groups is 1. The Morgan fingerprint density at radius 1 is 1.36 bits per heavy atom. The van der Waals surface area contributed by atoms with Crippen molar-refractivity contribution in [3.05, 3.63) is 0 Å². The molecule has 0 aromatic carbocycles. The average Bonchev–Trinajstić information content (AvgIpc) is 2.09. The Balaban J connectivity index is 2.93. The van der Waals surface area contributed by atoms with E-state index in [0.717, 1.165) is 0 Å². The molecule has 0 heterocycles. The van der Waals surface area contributed by atoms with Crippen molar-refractivity contribution in [2.75, 3.05) is 0 Å². The molecule has 0 saturated heterocycles. The lowest BCUT2D eigenvalue weighted by Gasteiger charge is -2.24. The molecule has 3 nitrogen and oxygen atoms in total. The summed E-state index contributed by atoms with van der Waals surface area (Å²) in [5, 5.41) is 17.2. The van der Waals surface area contributed by atoms with E-state index in [2.05, 4.69) is 0 Å². The Hall–Kier alpha value is -0.710. The van der Waals surface area contributed by atoms with Crippen LogP contribution < -0.4 is 0 Å². The fourth-order valence-corrected chi connectivity index (χ4v) is 1.22. The van der Waals surface area contributed by atoms with E-state index >= 15 is 0 Å². The molecule has 64 valence electrons. The Bertz CT molecular complexity index is 192. The van der Waals surface area contributed by atoms with E-state index in [1.807, 2.05) is 0 Å². The quantitative estimate of drug-likeness (QED) is 0.600. The first kappa shape index (κ1) is 8.39. The van der Waals surface area contributed by atoms with Crippen molar-refractivity contribution in [3.8, 4) is 0 Å². The number of rotatable bonds is 1. The normalized spacial score (nSPS) is 35.5. The smallest absolute Gasteiger partial charge is 0.342 e. The number of aliphatic carboxylic acids is 1. The molecular formula is C6H8F2O3. The van der Waals surface area contributed by atoms with Gasteiger partial charge in [-0.2, -0.15) is 0 Å². The monoisotopic (exact) mass is 166 g/mol. The maximum Gasteiger partial charge on any atom is 0.342 e. The molecule has 1 aliphatic rings. The van der Waals surface area contributed by atoms with E-state index in [1.165, 1.54) is 0 Å². The molecule has 0 amide bonds. The predicted molar refractivity (Wildman–Crippen MR) is 31.4 cm³/mol. The molecule has 1 saturated carbocycles. The van der Waals surface area contributed by atoms with Crippen LogP contribution in [0, 0.1) is 0 Å². The molecule has 0 unspecified atom stereocenters. The van der Waals surface area contributed by atoms with Gasteiger partial charge in [0.15, 0.2) is 0 Å². The van der Waals surface area contributed by atoms with Crippen LogP contribution in [-0.2, 0) is 4.79 Å². The van der Waals surface area contributed by atoms with Gasteiger partial charge in [-0.15, -0.1) is 0 Å². The number of carbonyl (C=O) groups is 1. The van der Waals surface area contributed by atoms with Gasteiger partial charge >= 0.3 is 5.97 Å². The summed E-state index contributed by atoms with van der Waals surface area (Å²) in [6, 6.07) is 0. The third-order valence-corrected chi connectivity index (χ3v) is 1.99. The Labute approximate surface area is 61.6 Å². The van der Waals surface area contributed by atoms with Crippen LogP contribution in [0.2, 0.25) is 0 Å². The molecule has 0 aromatic rings. The lowest BCUT2D eigenvalue weighted by Crippen LogP contribution is -2.50. The minimum Gasteiger partial charge on any atom is -0.479 e. The topological polar surface area (TPSA) is 57.5 Å². The maximum absolute atomic E-state index is 12.6. The number of halogens is 2. The fourth-order valence-electron chi connectivity index (χ4n) is 1.22. The van der Waals surface area contributed by atoms with Crippen molar-refractivity contribution in [2.45, 2.75) is 30.8 Å². The third-order valence-electron chi connectivity index (χ3n) is 1.99. The van der Waals surface area contributed by atoms with Crippen LogP contribution in [0.3, 0.4) is 0 Å². The zero-order chi connectivity index (χ0) is 8.70. The van der Waals surface area contributed by atoms with Crippen molar-refractivity contribution >= 4 is 5.97 Å². The average molecular weight is 166 g/mol. The number of hydrogen-bond donors (Lipinski definition) is 2. The summed E-state index contributed by atoms with van der Waals surface area (Å²) in [6.07, 6.45) is -0.860. The van der Waals surface area contributed by atoms with Crippen LogP contribution in [0.1, 0.15) is 19.3 Å². The SMILES string of the molecule is O=C(O)[C@@]1(O)CCCC1(F)F. The standard InChI is InChI=1S/C6H8F2O3/c7-6(8)3-1-2-5(6,11)4(9)10/h11H,1-3H2,(H,9,10)/t5-/m0/s1. The molecule has 0 aliphatic heterocycles. The highest BCUT2D eigenvalue weighted by Crippen LogP contribution is 2.43. The van der Waals surface area contributed by atoms with Crippen molar-refractivity contribution in [2.24, 2.45) is 0 Å².